The fraction of sp³-hybridized carbons (Fsp3) is 0.474. The molecule has 156 valence electrons. The summed E-state index contributed by atoms with van der Waals surface area (Å²) in [6, 6.07) is 5.14. The first-order valence-corrected chi connectivity index (χ1v) is 12.8. The van der Waals surface area contributed by atoms with Crippen LogP contribution in [0.4, 0.5) is 0 Å². The van der Waals surface area contributed by atoms with Crippen molar-refractivity contribution in [3.05, 3.63) is 36.7 Å². The van der Waals surface area contributed by atoms with E-state index in [2.05, 4.69) is 4.98 Å². The summed E-state index contributed by atoms with van der Waals surface area (Å²) in [7, 11) is -7.70. The van der Waals surface area contributed by atoms with E-state index in [0.29, 0.717) is 30.0 Å². The van der Waals surface area contributed by atoms with E-state index in [1.54, 1.807) is 24.4 Å². The van der Waals surface area contributed by atoms with Crippen LogP contribution in [0.3, 0.4) is 0 Å². The summed E-state index contributed by atoms with van der Waals surface area (Å²) < 4.78 is 54.1. The monoisotopic (exact) mass is 437 g/mol. The Hall–Kier alpha value is -2.04. The van der Waals surface area contributed by atoms with Gasteiger partial charge in [0.1, 0.15) is 0 Å². The first-order valence-electron chi connectivity index (χ1n) is 9.55. The topological polar surface area (TPSA) is 105 Å². The van der Waals surface area contributed by atoms with Crippen LogP contribution in [0.25, 0.3) is 10.8 Å². The summed E-state index contributed by atoms with van der Waals surface area (Å²) in [5, 5.41) is 1.15. The van der Waals surface area contributed by atoms with Crippen LogP contribution < -0.4 is 0 Å². The fourth-order valence-corrected chi connectivity index (χ4v) is 7.73. The Kier molecular flexibility index (Phi) is 4.91. The molecule has 0 aliphatic carbocycles. The van der Waals surface area contributed by atoms with E-state index in [0.717, 1.165) is 10.6 Å². The number of aromatic nitrogens is 1. The molecule has 2 saturated heterocycles. The lowest BCUT2D eigenvalue weighted by molar-refractivity contribution is -0.128. The van der Waals surface area contributed by atoms with Gasteiger partial charge in [0.15, 0.2) is 0 Å². The number of benzene rings is 1. The quantitative estimate of drug-likeness (QED) is 0.703. The molecule has 2 aliphatic heterocycles. The highest BCUT2D eigenvalue weighted by Crippen LogP contribution is 2.43. The van der Waals surface area contributed by atoms with Crippen LogP contribution in [0.5, 0.6) is 0 Å². The molecule has 1 aromatic carbocycles. The third kappa shape index (κ3) is 3.13. The molecule has 8 nitrogen and oxygen atoms in total. The number of carbonyl (C=O) groups is 1. The Morgan fingerprint density at radius 2 is 1.93 bits per heavy atom. The average Bonchev–Trinajstić information content (AvgIpc) is 3.20. The molecular formula is C19H23N3O5S2. The third-order valence-electron chi connectivity index (χ3n) is 5.82. The lowest BCUT2D eigenvalue weighted by Gasteiger charge is -2.25. The average molecular weight is 438 g/mol. The largest absolute Gasteiger partial charge is 0.273 e. The van der Waals surface area contributed by atoms with E-state index in [1.807, 2.05) is 6.92 Å². The van der Waals surface area contributed by atoms with Crippen LogP contribution in [0.2, 0.25) is 0 Å². The van der Waals surface area contributed by atoms with Gasteiger partial charge < -0.3 is 0 Å². The molecule has 10 heteroatoms. The van der Waals surface area contributed by atoms with Gasteiger partial charge >= 0.3 is 0 Å². The van der Waals surface area contributed by atoms with E-state index < -0.39 is 44.0 Å². The number of nitrogens with zero attached hydrogens (tertiary/aromatic N) is 3. The molecule has 0 bridgehead atoms. The maximum absolute atomic E-state index is 13.6. The summed E-state index contributed by atoms with van der Waals surface area (Å²) in [5.41, 5.74) is 0. The van der Waals surface area contributed by atoms with Crippen molar-refractivity contribution in [2.45, 2.75) is 43.2 Å². The van der Waals surface area contributed by atoms with Gasteiger partial charge in [-0.3, -0.25) is 9.78 Å². The van der Waals surface area contributed by atoms with Crippen molar-refractivity contribution in [2.24, 2.45) is 5.92 Å². The van der Waals surface area contributed by atoms with Gasteiger partial charge in [0.25, 0.3) is 10.0 Å². The highest BCUT2D eigenvalue weighted by Gasteiger charge is 2.59. The molecule has 1 amide bonds. The summed E-state index contributed by atoms with van der Waals surface area (Å²) in [6.45, 7) is 2.12. The lowest BCUT2D eigenvalue weighted by Crippen LogP contribution is -2.42. The van der Waals surface area contributed by atoms with Gasteiger partial charge in [-0.15, -0.1) is 0 Å². The minimum Gasteiger partial charge on any atom is -0.273 e. The van der Waals surface area contributed by atoms with Crippen LogP contribution in [0.15, 0.2) is 41.6 Å². The smallest absolute Gasteiger partial charge is 0.267 e. The first kappa shape index (κ1) is 20.2. The molecule has 0 radical (unpaired) electrons. The molecule has 0 unspecified atom stereocenters. The minimum atomic E-state index is -4.15. The van der Waals surface area contributed by atoms with Crippen molar-refractivity contribution < 1.29 is 21.6 Å². The van der Waals surface area contributed by atoms with Gasteiger partial charge in [-0.25, -0.2) is 21.1 Å². The van der Waals surface area contributed by atoms with Gasteiger partial charge in [-0.05, 0) is 25.0 Å². The summed E-state index contributed by atoms with van der Waals surface area (Å²) in [5.74, 6) is -1.17. The van der Waals surface area contributed by atoms with Gasteiger partial charge in [0.05, 0.1) is 29.2 Å². The van der Waals surface area contributed by atoms with Crippen LogP contribution in [0.1, 0.15) is 26.2 Å². The van der Waals surface area contributed by atoms with Crippen molar-refractivity contribution in [3.63, 3.8) is 0 Å². The standard InChI is InChI=1S/C19H23N3O5S2/c1-3-5-15-18-16(9-11-21(18)28(2,24)25)22(19(15)23)29(26,27)17-7-4-6-13-12-20-10-8-14(13)17/h4,6-8,10,12,15-16,18H,3,5,9,11H2,1-2H3/t15-,16+,18-/m1/s1. The molecule has 0 N–H and O–H groups in total. The number of hydrogen-bond acceptors (Lipinski definition) is 6. The van der Waals surface area contributed by atoms with Crippen molar-refractivity contribution >= 4 is 36.7 Å². The minimum absolute atomic E-state index is 0.0412. The van der Waals surface area contributed by atoms with E-state index in [-0.39, 0.29) is 11.4 Å². The van der Waals surface area contributed by atoms with Gasteiger partial charge in [-0.1, -0.05) is 25.5 Å². The highest BCUT2D eigenvalue weighted by atomic mass is 32.2. The third-order valence-corrected chi connectivity index (χ3v) is 8.98. The Morgan fingerprint density at radius 3 is 2.62 bits per heavy atom. The maximum Gasteiger partial charge on any atom is 0.267 e. The number of pyridine rings is 1. The molecule has 2 aliphatic rings. The molecule has 29 heavy (non-hydrogen) atoms. The Balaban J connectivity index is 1.85. The van der Waals surface area contributed by atoms with Gasteiger partial charge in [0.2, 0.25) is 15.9 Å². The first-order chi connectivity index (χ1) is 13.7. The SMILES string of the molecule is CCC[C@H]1C(=O)N(S(=O)(=O)c2cccc3cnccc23)[C@H]2CCN(S(C)(=O)=O)[C@H]12. The van der Waals surface area contributed by atoms with Crippen molar-refractivity contribution in [3.8, 4) is 0 Å². The molecule has 3 heterocycles. The normalized spacial score (nSPS) is 25.7. The second-order valence-electron chi connectivity index (χ2n) is 7.61. The number of hydrogen-bond donors (Lipinski definition) is 0. The van der Waals surface area contributed by atoms with Crippen LogP contribution in [0, 0.1) is 5.92 Å². The highest BCUT2D eigenvalue weighted by molar-refractivity contribution is 7.90. The molecule has 1 aromatic heterocycles. The zero-order chi connectivity index (χ0) is 21.0. The molecule has 4 rings (SSSR count). The molecule has 0 saturated carbocycles. The van der Waals surface area contributed by atoms with Crippen molar-refractivity contribution in [1.82, 2.24) is 13.6 Å². The van der Waals surface area contributed by atoms with Crippen molar-refractivity contribution in [1.29, 1.82) is 0 Å². The van der Waals surface area contributed by atoms with E-state index in [4.69, 9.17) is 0 Å². The van der Waals surface area contributed by atoms with Gasteiger partial charge in [0, 0.05) is 29.7 Å². The van der Waals surface area contributed by atoms with Crippen molar-refractivity contribution in [2.75, 3.05) is 12.8 Å². The summed E-state index contributed by atoms with van der Waals surface area (Å²) in [4.78, 5) is 17.3. The van der Waals surface area contributed by atoms with E-state index in [9.17, 15) is 21.6 Å². The van der Waals surface area contributed by atoms with Crippen LogP contribution in [-0.4, -0.2) is 61.2 Å². The molecule has 2 aromatic rings. The molecule has 3 atom stereocenters. The van der Waals surface area contributed by atoms with Crippen LogP contribution in [-0.2, 0) is 24.8 Å². The molecular weight excluding hydrogens is 414 g/mol. The zero-order valence-corrected chi connectivity index (χ0v) is 17.9. The Labute approximate surface area is 170 Å². The Bertz CT molecular complexity index is 1170. The number of amides is 1. The maximum atomic E-state index is 13.6. The summed E-state index contributed by atoms with van der Waals surface area (Å²) in [6.07, 6.45) is 5.59. The van der Waals surface area contributed by atoms with Crippen LogP contribution >= 0.6 is 0 Å². The fourth-order valence-electron chi connectivity index (χ4n) is 4.68. The number of fused-ring (bicyclic) bond motifs is 2. The predicted molar refractivity (Wildman–Crippen MR) is 108 cm³/mol. The lowest BCUT2D eigenvalue weighted by atomic mass is 9.95. The molecule has 2 fully saturated rings. The predicted octanol–water partition coefficient (Wildman–Crippen LogP) is 1.58. The van der Waals surface area contributed by atoms with Gasteiger partial charge in [-0.2, -0.15) is 4.31 Å². The summed E-state index contributed by atoms with van der Waals surface area (Å²) >= 11 is 0. The van der Waals surface area contributed by atoms with E-state index >= 15 is 0 Å². The number of carbonyl (C=O) groups excluding carboxylic acids is 1. The van der Waals surface area contributed by atoms with E-state index in [1.165, 1.54) is 16.6 Å². The number of sulfonamides is 2. The number of rotatable bonds is 5. The molecule has 0 spiro atoms. The zero-order valence-electron chi connectivity index (χ0n) is 16.2. The second kappa shape index (κ2) is 7.03. The Morgan fingerprint density at radius 1 is 1.17 bits per heavy atom. The second-order valence-corrected chi connectivity index (χ2v) is 11.3.